The Kier molecular flexibility index (Phi) is 4.54. The summed E-state index contributed by atoms with van der Waals surface area (Å²) in [5.41, 5.74) is 0.761. The minimum absolute atomic E-state index is 0.0285. The number of imidazole rings is 1. The van der Waals surface area contributed by atoms with Gasteiger partial charge in [0.15, 0.2) is 10.1 Å². The van der Waals surface area contributed by atoms with Gasteiger partial charge in [-0.05, 0) is 37.7 Å². The Morgan fingerprint density at radius 3 is 2.91 bits per heavy atom. The van der Waals surface area contributed by atoms with Gasteiger partial charge in [-0.15, -0.1) is 11.3 Å². The third-order valence-corrected chi connectivity index (χ3v) is 5.55. The lowest BCUT2D eigenvalue weighted by Gasteiger charge is -2.33. The lowest BCUT2D eigenvalue weighted by Crippen LogP contribution is -2.38. The zero-order valence-corrected chi connectivity index (χ0v) is 14.4. The van der Waals surface area contributed by atoms with Crippen LogP contribution in [0.4, 0.5) is 0 Å². The van der Waals surface area contributed by atoms with Crippen LogP contribution in [0.1, 0.15) is 38.3 Å². The van der Waals surface area contributed by atoms with Gasteiger partial charge in [0.1, 0.15) is 0 Å². The lowest BCUT2D eigenvalue weighted by atomic mass is 9.87. The van der Waals surface area contributed by atoms with Gasteiger partial charge in [-0.3, -0.25) is 9.20 Å². The Balaban J connectivity index is 1.70. The van der Waals surface area contributed by atoms with Crippen LogP contribution in [0.2, 0.25) is 5.15 Å². The van der Waals surface area contributed by atoms with E-state index in [1.165, 1.54) is 24.2 Å². The number of hydrogen-bond acceptors (Lipinski definition) is 3. The predicted octanol–water partition coefficient (Wildman–Crippen LogP) is 4.10. The van der Waals surface area contributed by atoms with Crippen LogP contribution in [0.25, 0.3) is 11.0 Å². The van der Waals surface area contributed by atoms with Crippen molar-refractivity contribution in [3.05, 3.63) is 28.5 Å². The molecule has 2 aromatic rings. The Morgan fingerprint density at radius 2 is 2.18 bits per heavy atom. The third-order valence-electron chi connectivity index (χ3n) is 4.52. The molecule has 0 spiro atoms. The quantitative estimate of drug-likeness (QED) is 0.791. The first kappa shape index (κ1) is 15.6. The maximum absolute atomic E-state index is 12.4. The predicted molar refractivity (Wildman–Crippen MR) is 91.3 cm³/mol. The summed E-state index contributed by atoms with van der Waals surface area (Å²) in [5, 5.41) is 2.39. The zero-order valence-electron chi connectivity index (χ0n) is 12.8. The van der Waals surface area contributed by atoms with E-state index in [1.54, 1.807) is 12.2 Å². The highest BCUT2D eigenvalue weighted by Crippen LogP contribution is 2.27. The van der Waals surface area contributed by atoms with Crippen molar-refractivity contribution in [2.75, 3.05) is 7.05 Å². The second kappa shape index (κ2) is 6.42. The fraction of sp³-hybridized carbons (Fsp3) is 0.500. The second-order valence-electron chi connectivity index (χ2n) is 6.04. The Morgan fingerprint density at radius 1 is 1.45 bits per heavy atom. The van der Waals surface area contributed by atoms with E-state index in [0.717, 1.165) is 29.4 Å². The van der Waals surface area contributed by atoms with Crippen LogP contribution in [-0.2, 0) is 4.79 Å². The first-order valence-corrected chi connectivity index (χ1v) is 8.88. The van der Waals surface area contributed by atoms with Crippen molar-refractivity contribution in [2.24, 2.45) is 5.92 Å². The van der Waals surface area contributed by atoms with Crippen molar-refractivity contribution in [1.82, 2.24) is 14.3 Å². The zero-order chi connectivity index (χ0) is 15.7. The summed E-state index contributed by atoms with van der Waals surface area (Å²) >= 11 is 7.66. The molecule has 1 aliphatic carbocycles. The lowest BCUT2D eigenvalue weighted by molar-refractivity contribution is -0.127. The smallest absolute Gasteiger partial charge is 0.246 e. The van der Waals surface area contributed by atoms with Gasteiger partial charge in [0, 0.05) is 30.7 Å². The molecule has 2 heterocycles. The van der Waals surface area contributed by atoms with Crippen molar-refractivity contribution in [2.45, 2.75) is 38.6 Å². The van der Waals surface area contributed by atoms with Crippen LogP contribution in [0.3, 0.4) is 0 Å². The normalized spacial score (nSPS) is 22.5. The third kappa shape index (κ3) is 3.06. The number of carbonyl (C=O) groups is 1. The molecule has 0 saturated heterocycles. The summed E-state index contributed by atoms with van der Waals surface area (Å²) in [5.74, 6) is 0.813. The summed E-state index contributed by atoms with van der Waals surface area (Å²) < 4.78 is 1.90. The van der Waals surface area contributed by atoms with Crippen molar-refractivity contribution in [1.29, 1.82) is 0 Å². The van der Waals surface area contributed by atoms with Crippen molar-refractivity contribution in [3.8, 4) is 0 Å². The molecule has 22 heavy (non-hydrogen) atoms. The molecule has 4 nitrogen and oxygen atoms in total. The van der Waals surface area contributed by atoms with Gasteiger partial charge < -0.3 is 4.90 Å². The number of carbonyl (C=O) groups excluding carboxylic acids is 1. The summed E-state index contributed by atoms with van der Waals surface area (Å²) in [6.07, 6.45) is 9.88. The molecule has 2 aromatic heterocycles. The monoisotopic (exact) mass is 337 g/mol. The fourth-order valence-electron chi connectivity index (χ4n) is 3.00. The molecule has 0 unspecified atom stereocenters. The van der Waals surface area contributed by atoms with E-state index in [2.05, 4.69) is 11.9 Å². The van der Waals surface area contributed by atoms with Gasteiger partial charge in [-0.1, -0.05) is 18.5 Å². The number of aromatic nitrogens is 2. The average Bonchev–Trinajstić information content (AvgIpc) is 3.06. The molecule has 1 aliphatic rings. The number of likely N-dealkylation sites (N-methyl/N-ethyl adjacent to an activating group) is 1. The molecule has 0 N–H and O–H groups in total. The van der Waals surface area contributed by atoms with Gasteiger partial charge in [-0.2, -0.15) is 0 Å². The molecule has 0 radical (unpaired) electrons. The number of rotatable bonds is 3. The van der Waals surface area contributed by atoms with E-state index >= 15 is 0 Å². The van der Waals surface area contributed by atoms with E-state index in [-0.39, 0.29) is 5.91 Å². The maximum Gasteiger partial charge on any atom is 0.246 e. The van der Waals surface area contributed by atoms with Gasteiger partial charge in [0.05, 0.1) is 5.69 Å². The van der Waals surface area contributed by atoms with Gasteiger partial charge >= 0.3 is 0 Å². The van der Waals surface area contributed by atoms with E-state index in [4.69, 9.17) is 11.6 Å². The van der Waals surface area contributed by atoms with Crippen molar-refractivity contribution >= 4 is 39.9 Å². The molecule has 1 saturated carbocycles. The van der Waals surface area contributed by atoms with Crippen LogP contribution in [0.15, 0.2) is 17.7 Å². The molecule has 118 valence electrons. The number of thiazole rings is 1. The maximum atomic E-state index is 12.4. The van der Waals surface area contributed by atoms with Crippen LogP contribution in [-0.4, -0.2) is 33.3 Å². The molecule has 0 aromatic carbocycles. The van der Waals surface area contributed by atoms with Crippen LogP contribution in [0, 0.1) is 5.92 Å². The minimum atomic E-state index is 0.0285. The van der Waals surface area contributed by atoms with E-state index < -0.39 is 0 Å². The standard InChI is InChI=1S/C16H20ClN3OS/c1-11-3-5-12(6-4-11)19(2)14(21)8-7-13-15(17)18-16-20(13)9-10-22-16/h7-12H,3-6H2,1-2H3/b8-7+. The summed E-state index contributed by atoms with van der Waals surface area (Å²) in [6, 6.07) is 0.357. The molecule has 6 heteroatoms. The Bertz CT molecular complexity index is 697. The van der Waals surface area contributed by atoms with E-state index in [1.807, 2.05) is 27.9 Å². The van der Waals surface area contributed by atoms with Gasteiger partial charge in [0.25, 0.3) is 0 Å². The van der Waals surface area contributed by atoms with E-state index in [0.29, 0.717) is 11.2 Å². The first-order chi connectivity index (χ1) is 10.6. The molecule has 0 atom stereocenters. The number of amides is 1. The molecule has 1 fully saturated rings. The van der Waals surface area contributed by atoms with Crippen molar-refractivity contribution < 1.29 is 4.79 Å². The highest BCUT2D eigenvalue weighted by molar-refractivity contribution is 7.15. The Labute approximate surface area is 139 Å². The highest BCUT2D eigenvalue weighted by Gasteiger charge is 2.23. The molecular weight excluding hydrogens is 318 g/mol. The number of halogens is 1. The molecular formula is C16H20ClN3OS. The number of hydrogen-bond donors (Lipinski definition) is 0. The number of fused-ring (bicyclic) bond motifs is 1. The van der Waals surface area contributed by atoms with Crippen LogP contribution < -0.4 is 0 Å². The topological polar surface area (TPSA) is 37.6 Å². The van der Waals surface area contributed by atoms with E-state index in [9.17, 15) is 4.79 Å². The van der Waals surface area contributed by atoms with Gasteiger partial charge in [-0.25, -0.2) is 4.98 Å². The highest BCUT2D eigenvalue weighted by atomic mass is 35.5. The average molecular weight is 338 g/mol. The van der Waals surface area contributed by atoms with Crippen LogP contribution >= 0.6 is 22.9 Å². The SMILES string of the molecule is CC1CCC(N(C)C(=O)/C=C/c2c(Cl)nc3sccn23)CC1. The molecule has 0 aliphatic heterocycles. The fourth-order valence-corrected chi connectivity index (χ4v) is 4.01. The van der Waals surface area contributed by atoms with Gasteiger partial charge in [0.2, 0.25) is 5.91 Å². The molecule has 1 amide bonds. The molecule has 3 rings (SSSR count). The summed E-state index contributed by atoms with van der Waals surface area (Å²) in [4.78, 5) is 19.3. The summed E-state index contributed by atoms with van der Waals surface area (Å²) in [7, 11) is 1.89. The Hall–Kier alpha value is -1.33. The largest absolute Gasteiger partial charge is 0.339 e. The van der Waals surface area contributed by atoms with Crippen molar-refractivity contribution in [3.63, 3.8) is 0 Å². The number of nitrogens with zero attached hydrogens (tertiary/aromatic N) is 3. The first-order valence-electron chi connectivity index (χ1n) is 7.62. The van der Waals surface area contributed by atoms with Crippen LogP contribution in [0.5, 0.6) is 0 Å². The minimum Gasteiger partial charge on any atom is -0.339 e. The second-order valence-corrected chi connectivity index (χ2v) is 7.27. The molecule has 0 bridgehead atoms. The summed E-state index contributed by atoms with van der Waals surface area (Å²) in [6.45, 7) is 2.28.